The summed E-state index contributed by atoms with van der Waals surface area (Å²) >= 11 is 0. The van der Waals surface area contributed by atoms with Crippen molar-refractivity contribution >= 4 is 0 Å². The number of rotatable bonds is 4. The topological polar surface area (TPSA) is 32.3 Å². The molecule has 1 fully saturated rings. The highest BCUT2D eigenvalue weighted by atomic mass is 16.3. The van der Waals surface area contributed by atoms with Gasteiger partial charge in [-0.15, -0.1) is 0 Å². The van der Waals surface area contributed by atoms with Gasteiger partial charge in [-0.1, -0.05) is 34.6 Å². The fourth-order valence-electron chi connectivity index (χ4n) is 2.20. The van der Waals surface area contributed by atoms with Crippen molar-refractivity contribution in [3.05, 3.63) is 0 Å². The summed E-state index contributed by atoms with van der Waals surface area (Å²) in [7, 11) is 0. The lowest BCUT2D eigenvalue weighted by Crippen LogP contribution is -2.41. The molecule has 1 aliphatic rings. The summed E-state index contributed by atoms with van der Waals surface area (Å²) in [4.78, 5) is 0. The second-order valence-corrected chi connectivity index (χ2v) is 7.44. The molecule has 17 heavy (non-hydrogen) atoms. The normalized spacial score (nSPS) is 27.2. The van der Waals surface area contributed by atoms with Crippen molar-refractivity contribution in [1.82, 2.24) is 5.32 Å². The zero-order valence-electron chi connectivity index (χ0n) is 12.3. The van der Waals surface area contributed by atoms with Crippen LogP contribution < -0.4 is 5.32 Å². The zero-order valence-corrected chi connectivity index (χ0v) is 12.3. The van der Waals surface area contributed by atoms with Crippen LogP contribution in [0.1, 0.15) is 60.3 Å². The van der Waals surface area contributed by atoms with Crippen LogP contribution in [0, 0.1) is 16.7 Å². The minimum absolute atomic E-state index is 0.0303. The van der Waals surface area contributed by atoms with Crippen molar-refractivity contribution in [2.75, 3.05) is 13.1 Å². The number of nitrogens with one attached hydrogen (secondary N) is 1. The minimum atomic E-state index is -0.0303. The fraction of sp³-hybridized carbons (Fsp3) is 1.00. The molecule has 2 N–H and O–H groups in total. The Hall–Kier alpha value is -0.0800. The Morgan fingerprint density at radius 2 is 1.53 bits per heavy atom. The lowest BCUT2D eigenvalue weighted by molar-refractivity contribution is 0.101. The van der Waals surface area contributed by atoms with Gasteiger partial charge in [-0.05, 0) is 49.0 Å². The monoisotopic (exact) mass is 241 g/mol. The molecule has 0 spiro atoms. The highest BCUT2D eigenvalue weighted by Crippen LogP contribution is 2.37. The first-order valence-corrected chi connectivity index (χ1v) is 7.11. The zero-order chi connectivity index (χ0) is 13.1. The van der Waals surface area contributed by atoms with E-state index in [4.69, 9.17) is 0 Å². The molecule has 1 aliphatic carbocycles. The Labute approximate surface area is 107 Å². The highest BCUT2D eigenvalue weighted by molar-refractivity contribution is 4.85. The average Bonchev–Trinajstić information content (AvgIpc) is 2.19. The van der Waals surface area contributed by atoms with Gasteiger partial charge in [-0.2, -0.15) is 0 Å². The first kappa shape index (κ1) is 15.0. The molecule has 0 radical (unpaired) electrons. The summed E-state index contributed by atoms with van der Waals surface area (Å²) in [5, 5.41) is 13.1. The van der Waals surface area contributed by atoms with Gasteiger partial charge >= 0.3 is 0 Å². The molecule has 0 atom stereocenters. The van der Waals surface area contributed by atoms with E-state index in [2.05, 4.69) is 39.9 Å². The van der Waals surface area contributed by atoms with Gasteiger partial charge in [0.25, 0.3) is 0 Å². The van der Waals surface area contributed by atoms with Crippen LogP contribution in [0.3, 0.4) is 0 Å². The quantitative estimate of drug-likeness (QED) is 0.792. The molecule has 2 nitrogen and oxygen atoms in total. The summed E-state index contributed by atoms with van der Waals surface area (Å²) < 4.78 is 0. The predicted octanol–water partition coefficient (Wildman–Crippen LogP) is 3.20. The summed E-state index contributed by atoms with van der Waals surface area (Å²) in [6.07, 6.45) is 4.33. The van der Waals surface area contributed by atoms with Crippen molar-refractivity contribution in [3.8, 4) is 0 Å². The van der Waals surface area contributed by atoms with Crippen LogP contribution in [0.5, 0.6) is 0 Å². The van der Waals surface area contributed by atoms with Gasteiger partial charge in [0.1, 0.15) is 0 Å². The van der Waals surface area contributed by atoms with E-state index in [0.29, 0.717) is 10.8 Å². The molecule has 1 rings (SSSR count). The van der Waals surface area contributed by atoms with E-state index >= 15 is 0 Å². The van der Waals surface area contributed by atoms with Gasteiger partial charge < -0.3 is 10.4 Å². The van der Waals surface area contributed by atoms with Crippen molar-refractivity contribution < 1.29 is 5.11 Å². The van der Waals surface area contributed by atoms with Crippen molar-refractivity contribution in [2.24, 2.45) is 16.7 Å². The number of aliphatic hydroxyl groups excluding tert-OH is 1. The van der Waals surface area contributed by atoms with Gasteiger partial charge in [0.2, 0.25) is 0 Å². The first-order chi connectivity index (χ1) is 7.72. The molecule has 0 aliphatic heterocycles. The van der Waals surface area contributed by atoms with E-state index in [1.165, 1.54) is 12.8 Å². The summed E-state index contributed by atoms with van der Waals surface area (Å²) in [5.74, 6) is 0.772. The van der Waals surface area contributed by atoms with Gasteiger partial charge in [0.15, 0.2) is 0 Å². The molecular formula is C15H31NO. The number of hydrogen-bond donors (Lipinski definition) is 2. The van der Waals surface area contributed by atoms with Gasteiger partial charge in [0.05, 0.1) is 6.10 Å². The number of aliphatic hydroxyl groups is 1. The average molecular weight is 241 g/mol. The van der Waals surface area contributed by atoms with Crippen LogP contribution in [0.25, 0.3) is 0 Å². The second kappa shape index (κ2) is 5.71. The van der Waals surface area contributed by atoms with Crippen LogP contribution in [0.4, 0.5) is 0 Å². The maximum Gasteiger partial charge on any atom is 0.0540 e. The Morgan fingerprint density at radius 1 is 1.00 bits per heavy atom. The van der Waals surface area contributed by atoms with Crippen LogP contribution in [0.2, 0.25) is 0 Å². The standard InChI is InChI=1S/C15H31NO/c1-14(2,3)15(4,5)11-16-10-12-6-8-13(17)9-7-12/h12-13,16-17H,6-11H2,1-5H3. The Kier molecular flexibility index (Phi) is 5.03. The molecule has 0 bridgehead atoms. The van der Waals surface area contributed by atoms with Crippen LogP contribution in [-0.4, -0.2) is 24.3 Å². The highest BCUT2D eigenvalue weighted by Gasteiger charge is 2.32. The van der Waals surface area contributed by atoms with E-state index in [1.54, 1.807) is 0 Å². The van der Waals surface area contributed by atoms with Crippen molar-refractivity contribution in [2.45, 2.75) is 66.4 Å². The second-order valence-electron chi connectivity index (χ2n) is 7.44. The molecule has 2 heteroatoms. The molecule has 0 aromatic heterocycles. The largest absolute Gasteiger partial charge is 0.393 e. The predicted molar refractivity (Wildman–Crippen MR) is 74.1 cm³/mol. The first-order valence-electron chi connectivity index (χ1n) is 7.11. The van der Waals surface area contributed by atoms with E-state index in [9.17, 15) is 5.11 Å². The smallest absolute Gasteiger partial charge is 0.0540 e. The van der Waals surface area contributed by atoms with E-state index < -0.39 is 0 Å². The van der Waals surface area contributed by atoms with E-state index in [1.807, 2.05) is 0 Å². The summed E-state index contributed by atoms with van der Waals surface area (Å²) in [5.41, 5.74) is 0.657. The van der Waals surface area contributed by atoms with E-state index in [0.717, 1.165) is 31.8 Å². The maximum absolute atomic E-state index is 9.47. The molecule has 102 valence electrons. The molecule has 0 unspecified atom stereocenters. The van der Waals surface area contributed by atoms with Crippen LogP contribution in [0.15, 0.2) is 0 Å². The Balaban J connectivity index is 2.24. The lowest BCUT2D eigenvalue weighted by Gasteiger charge is -2.39. The Morgan fingerprint density at radius 3 is 2.00 bits per heavy atom. The lowest BCUT2D eigenvalue weighted by atomic mass is 9.69. The fourth-order valence-corrected chi connectivity index (χ4v) is 2.20. The molecule has 0 aromatic carbocycles. The SMILES string of the molecule is CC(C)(C)C(C)(C)CNCC1CCC(O)CC1. The van der Waals surface area contributed by atoms with Gasteiger partial charge in [0, 0.05) is 6.54 Å². The third kappa shape index (κ3) is 4.59. The molecule has 1 saturated carbocycles. The van der Waals surface area contributed by atoms with Gasteiger partial charge in [-0.3, -0.25) is 0 Å². The van der Waals surface area contributed by atoms with Crippen molar-refractivity contribution in [3.63, 3.8) is 0 Å². The molecular weight excluding hydrogens is 210 g/mol. The third-order valence-electron chi connectivity index (χ3n) is 4.85. The van der Waals surface area contributed by atoms with Crippen molar-refractivity contribution in [1.29, 1.82) is 0 Å². The molecule has 0 heterocycles. The summed E-state index contributed by atoms with van der Waals surface area (Å²) in [6, 6.07) is 0. The molecule has 0 saturated heterocycles. The molecule has 0 amide bonds. The van der Waals surface area contributed by atoms with Crippen LogP contribution in [-0.2, 0) is 0 Å². The van der Waals surface area contributed by atoms with E-state index in [-0.39, 0.29) is 6.10 Å². The number of hydrogen-bond acceptors (Lipinski definition) is 2. The van der Waals surface area contributed by atoms with Crippen LogP contribution >= 0.6 is 0 Å². The third-order valence-corrected chi connectivity index (χ3v) is 4.85. The summed E-state index contributed by atoms with van der Waals surface area (Å²) in [6.45, 7) is 13.8. The minimum Gasteiger partial charge on any atom is -0.393 e. The molecule has 0 aromatic rings. The Bertz CT molecular complexity index is 222. The van der Waals surface area contributed by atoms with Gasteiger partial charge in [-0.25, -0.2) is 0 Å². The maximum atomic E-state index is 9.47.